The summed E-state index contributed by atoms with van der Waals surface area (Å²) in [6.07, 6.45) is 0. The molecule has 6 heteroatoms. The molecule has 0 saturated carbocycles. The maximum Gasteiger partial charge on any atom is 0.231 e. The second-order valence-electron chi connectivity index (χ2n) is 4.39. The van der Waals surface area contributed by atoms with Crippen molar-refractivity contribution in [2.75, 3.05) is 20.5 Å². The maximum atomic E-state index is 11.8. The highest BCUT2D eigenvalue weighted by Crippen LogP contribution is 2.39. The van der Waals surface area contributed by atoms with Crippen LogP contribution in [0.3, 0.4) is 0 Å². The predicted octanol–water partition coefficient (Wildman–Crippen LogP) is 2.08. The number of hydrogen-bond acceptors (Lipinski definition) is 4. The number of carbonyl (C=O) groups is 1. The van der Waals surface area contributed by atoms with Gasteiger partial charge in [-0.15, -0.1) is 0 Å². The van der Waals surface area contributed by atoms with Crippen molar-refractivity contribution in [2.45, 2.75) is 13.5 Å². The third kappa shape index (κ3) is 3.39. The summed E-state index contributed by atoms with van der Waals surface area (Å²) in [4.78, 5) is 11.8. The Morgan fingerprint density at radius 1 is 1.53 bits per heavy atom. The third-order valence-electron chi connectivity index (χ3n) is 2.82. The van der Waals surface area contributed by atoms with Crippen LogP contribution >= 0.6 is 15.9 Å². The van der Waals surface area contributed by atoms with Crippen molar-refractivity contribution < 1.29 is 19.0 Å². The first kappa shape index (κ1) is 14.1. The lowest BCUT2D eigenvalue weighted by Crippen LogP contribution is -2.30. The van der Waals surface area contributed by atoms with Gasteiger partial charge in [0.25, 0.3) is 0 Å². The fraction of sp³-hybridized carbons (Fsp3) is 0.462. The maximum absolute atomic E-state index is 11.8. The minimum atomic E-state index is -0.164. The van der Waals surface area contributed by atoms with Gasteiger partial charge in [-0.3, -0.25) is 4.79 Å². The van der Waals surface area contributed by atoms with E-state index in [1.807, 2.05) is 19.1 Å². The molecular weight excluding hydrogens is 314 g/mol. The molecule has 1 N–H and O–H groups in total. The van der Waals surface area contributed by atoms with E-state index in [9.17, 15) is 4.79 Å². The summed E-state index contributed by atoms with van der Waals surface area (Å²) in [5.74, 6) is 1.21. The van der Waals surface area contributed by atoms with E-state index < -0.39 is 0 Å². The number of benzene rings is 1. The smallest absolute Gasteiger partial charge is 0.231 e. The van der Waals surface area contributed by atoms with Crippen LogP contribution in [0.5, 0.6) is 11.5 Å². The molecule has 0 saturated heterocycles. The van der Waals surface area contributed by atoms with Crippen molar-refractivity contribution in [1.82, 2.24) is 5.32 Å². The SMILES string of the molecule is COCC(C)C(=O)NCc1cc(Br)c2c(c1)OCO2. The van der Waals surface area contributed by atoms with Gasteiger partial charge in [0.05, 0.1) is 17.0 Å². The molecule has 0 spiro atoms. The average Bonchev–Trinajstić information content (AvgIpc) is 2.85. The molecule has 0 aromatic heterocycles. The number of amides is 1. The quantitative estimate of drug-likeness (QED) is 0.898. The fourth-order valence-electron chi connectivity index (χ4n) is 1.81. The van der Waals surface area contributed by atoms with Crippen LogP contribution in [0.4, 0.5) is 0 Å². The predicted molar refractivity (Wildman–Crippen MR) is 73.2 cm³/mol. The Morgan fingerprint density at radius 2 is 2.32 bits per heavy atom. The van der Waals surface area contributed by atoms with Crippen molar-refractivity contribution in [2.24, 2.45) is 5.92 Å². The van der Waals surface area contributed by atoms with Crippen LogP contribution < -0.4 is 14.8 Å². The Hall–Kier alpha value is -1.27. The molecule has 19 heavy (non-hydrogen) atoms. The van der Waals surface area contributed by atoms with E-state index in [2.05, 4.69) is 21.2 Å². The van der Waals surface area contributed by atoms with Gasteiger partial charge in [-0.05, 0) is 33.6 Å². The molecule has 0 bridgehead atoms. The highest BCUT2D eigenvalue weighted by molar-refractivity contribution is 9.10. The zero-order chi connectivity index (χ0) is 13.8. The normalized spacial score (nSPS) is 14.3. The second kappa shape index (κ2) is 6.25. The Morgan fingerprint density at radius 3 is 3.05 bits per heavy atom. The highest BCUT2D eigenvalue weighted by Gasteiger charge is 2.18. The monoisotopic (exact) mass is 329 g/mol. The molecule has 5 nitrogen and oxygen atoms in total. The standard InChI is InChI=1S/C13H16BrNO4/c1-8(6-17-2)13(16)15-5-9-3-10(14)12-11(4-9)18-7-19-12/h3-4,8H,5-7H2,1-2H3,(H,15,16). The molecule has 1 aromatic rings. The summed E-state index contributed by atoms with van der Waals surface area (Å²) < 4.78 is 16.4. The van der Waals surface area contributed by atoms with Gasteiger partial charge in [-0.1, -0.05) is 6.92 Å². The van der Waals surface area contributed by atoms with Gasteiger partial charge in [0, 0.05) is 13.7 Å². The summed E-state index contributed by atoms with van der Waals surface area (Å²) in [5, 5.41) is 2.87. The Bertz CT molecular complexity index is 478. The molecule has 1 aliphatic rings. The van der Waals surface area contributed by atoms with Crippen molar-refractivity contribution in [3.05, 3.63) is 22.2 Å². The Labute approximate surface area is 120 Å². The van der Waals surface area contributed by atoms with Crippen molar-refractivity contribution >= 4 is 21.8 Å². The number of halogens is 1. The van der Waals surface area contributed by atoms with Crippen LogP contribution in [0.25, 0.3) is 0 Å². The molecule has 0 radical (unpaired) electrons. The van der Waals surface area contributed by atoms with Gasteiger partial charge >= 0.3 is 0 Å². The lowest BCUT2D eigenvalue weighted by molar-refractivity contribution is -0.126. The summed E-state index contributed by atoms with van der Waals surface area (Å²) in [6, 6.07) is 3.78. The molecule has 1 heterocycles. The highest BCUT2D eigenvalue weighted by atomic mass is 79.9. The largest absolute Gasteiger partial charge is 0.454 e. The van der Waals surface area contributed by atoms with Crippen LogP contribution in [-0.2, 0) is 16.1 Å². The van der Waals surface area contributed by atoms with E-state index in [-0.39, 0.29) is 18.6 Å². The molecule has 104 valence electrons. The number of methoxy groups -OCH3 is 1. The summed E-state index contributed by atoms with van der Waals surface area (Å²) in [7, 11) is 1.58. The Kier molecular flexibility index (Phi) is 4.66. The minimum Gasteiger partial charge on any atom is -0.454 e. The summed E-state index contributed by atoms with van der Waals surface area (Å²) in [6.45, 7) is 2.92. The summed E-state index contributed by atoms with van der Waals surface area (Å²) >= 11 is 3.42. The van der Waals surface area contributed by atoms with E-state index >= 15 is 0 Å². The van der Waals surface area contributed by atoms with Crippen LogP contribution in [0, 0.1) is 5.92 Å². The van der Waals surface area contributed by atoms with Gasteiger partial charge in [0.2, 0.25) is 12.7 Å². The van der Waals surface area contributed by atoms with E-state index in [0.717, 1.165) is 10.0 Å². The lowest BCUT2D eigenvalue weighted by Gasteiger charge is -2.11. The zero-order valence-corrected chi connectivity index (χ0v) is 12.5. The first-order valence-corrected chi connectivity index (χ1v) is 6.75. The zero-order valence-electron chi connectivity index (χ0n) is 10.9. The van der Waals surface area contributed by atoms with Crippen LogP contribution in [0.2, 0.25) is 0 Å². The number of hydrogen-bond donors (Lipinski definition) is 1. The van der Waals surface area contributed by atoms with Crippen molar-refractivity contribution in [1.29, 1.82) is 0 Å². The lowest BCUT2D eigenvalue weighted by atomic mass is 10.1. The van der Waals surface area contributed by atoms with Gasteiger partial charge < -0.3 is 19.5 Å². The minimum absolute atomic E-state index is 0.0318. The first-order chi connectivity index (χ1) is 9.11. The van der Waals surface area contributed by atoms with Crippen molar-refractivity contribution in [3.8, 4) is 11.5 Å². The van der Waals surface area contributed by atoms with Gasteiger partial charge in [0.15, 0.2) is 11.5 Å². The van der Waals surface area contributed by atoms with Gasteiger partial charge in [0.1, 0.15) is 0 Å². The molecule has 1 unspecified atom stereocenters. The van der Waals surface area contributed by atoms with Gasteiger partial charge in [-0.25, -0.2) is 0 Å². The number of nitrogens with one attached hydrogen (secondary N) is 1. The van der Waals surface area contributed by atoms with Crippen LogP contribution in [0.1, 0.15) is 12.5 Å². The average molecular weight is 330 g/mol. The van der Waals surface area contributed by atoms with E-state index in [1.54, 1.807) is 7.11 Å². The molecule has 2 rings (SSSR count). The second-order valence-corrected chi connectivity index (χ2v) is 5.24. The van der Waals surface area contributed by atoms with Crippen molar-refractivity contribution in [3.63, 3.8) is 0 Å². The first-order valence-electron chi connectivity index (χ1n) is 5.96. The number of ether oxygens (including phenoxy) is 3. The molecule has 1 atom stereocenters. The Balaban J connectivity index is 1.97. The summed E-state index contributed by atoms with van der Waals surface area (Å²) in [5.41, 5.74) is 0.953. The van der Waals surface area contributed by atoms with Crippen LogP contribution in [0.15, 0.2) is 16.6 Å². The van der Waals surface area contributed by atoms with Crippen LogP contribution in [-0.4, -0.2) is 26.4 Å². The van der Waals surface area contributed by atoms with E-state index in [0.29, 0.717) is 24.7 Å². The molecule has 1 aliphatic heterocycles. The van der Waals surface area contributed by atoms with E-state index in [1.165, 1.54) is 0 Å². The molecule has 1 aromatic carbocycles. The fourth-order valence-corrected chi connectivity index (χ4v) is 2.42. The van der Waals surface area contributed by atoms with Gasteiger partial charge in [-0.2, -0.15) is 0 Å². The number of rotatable bonds is 5. The van der Waals surface area contributed by atoms with E-state index in [4.69, 9.17) is 14.2 Å². The molecule has 0 fully saturated rings. The molecule has 1 amide bonds. The number of carbonyl (C=O) groups excluding carboxylic acids is 1. The third-order valence-corrected chi connectivity index (χ3v) is 3.41. The molecular formula is C13H16BrNO4. The molecule has 0 aliphatic carbocycles. The number of fused-ring (bicyclic) bond motifs is 1. The topological polar surface area (TPSA) is 56.8 Å².